The van der Waals surface area contributed by atoms with E-state index < -0.39 is 11.7 Å². The molecule has 1 fully saturated rings. The second-order valence-electron chi connectivity index (χ2n) is 7.10. The van der Waals surface area contributed by atoms with Crippen molar-refractivity contribution in [3.05, 3.63) is 30.6 Å². The monoisotopic (exact) mass is 358 g/mol. The maximum atomic E-state index is 12.8. The summed E-state index contributed by atoms with van der Waals surface area (Å²) < 4.78 is 5.31. The van der Waals surface area contributed by atoms with Crippen LogP contribution in [0.15, 0.2) is 30.6 Å². The first kappa shape index (κ1) is 18.1. The van der Waals surface area contributed by atoms with Gasteiger partial charge < -0.3 is 9.64 Å². The van der Waals surface area contributed by atoms with Crippen LogP contribution in [0.1, 0.15) is 20.8 Å². The molecule has 2 aromatic heterocycles. The molecule has 0 atom stereocenters. The highest BCUT2D eigenvalue weighted by Crippen LogP contribution is 2.28. The SMILES string of the molecule is CON(C(=O)C1CN(C(=O)OC(C)(C)C)C1)c1ccnc2cccnc12. The normalized spacial score (nSPS) is 14.8. The van der Waals surface area contributed by atoms with Crippen molar-refractivity contribution < 1.29 is 19.2 Å². The molecule has 8 heteroatoms. The maximum absolute atomic E-state index is 12.8. The summed E-state index contributed by atoms with van der Waals surface area (Å²) in [6, 6.07) is 5.28. The highest BCUT2D eigenvalue weighted by atomic mass is 16.7. The Morgan fingerprint density at radius 1 is 1.19 bits per heavy atom. The van der Waals surface area contributed by atoms with Crippen molar-refractivity contribution in [1.29, 1.82) is 0 Å². The molecular weight excluding hydrogens is 336 g/mol. The topological polar surface area (TPSA) is 84.9 Å². The predicted octanol–water partition coefficient (Wildman–Crippen LogP) is 2.39. The number of amides is 2. The molecule has 0 saturated carbocycles. The van der Waals surface area contributed by atoms with Gasteiger partial charge in [-0.05, 0) is 39.0 Å². The molecular formula is C18H22N4O4. The standard InChI is InChI=1S/C18H22N4O4/c1-18(2,3)26-17(24)21-10-12(11-21)16(23)22(25-4)14-7-9-19-13-6-5-8-20-15(13)14/h5-9,12H,10-11H2,1-4H3. The fraction of sp³-hybridized carbons (Fsp3) is 0.444. The van der Waals surface area contributed by atoms with Gasteiger partial charge in [0, 0.05) is 25.5 Å². The van der Waals surface area contributed by atoms with E-state index in [1.165, 1.54) is 17.1 Å². The van der Waals surface area contributed by atoms with Crippen LogP contribution in [0.5, 0.6) is 0 Å². The minimum atomic E-state index is -0.563. The van der Waals surface area contributed by atoms with Gasteiger partial charge in [-0.3, -0.25) is 19.6 Å². The summed E-state index contributed by atoms with van der Waals surface area (Å²) in [7, 11) is 1.43. The molecule has 0 unspecified atom stereocenters. The Balaban J connectivity index is 1.72. The lowest BCUT2D eigenvalue weighted by molar-refractivity contribution is -0.133. The Morgan fingerprint density at radius 2 is 1.92 bits per heavy atom. The summed E-state index contributed by atoms with van der Waals surface area (Å²) >= 11 is 0. The molecule has 3 rings (SSSR count). The highest BCUT2D eigenvalue weighted by Gasteiger charge is 2.40. The van der Waals surface area contributed by atoms with Crippen molar-refractivity contribution in [2.24, 2.45) is 5.92 Å². The van der Waals surface area contributed by atoms with Crippen LogP contribution in [-0.4, -0.2) is 52.7 Å². The molecule has 1 saturated heterocycles. The van der Waals surface area contributed by atoms with E-state index in [1.807, 2.05) is 26.8 Å². The summed E-state index contributed by atoms with van der Waals surface area (Å²) in [4.78, 5) is 40.2. The molecule has 2 amide bonds. The second kappa shape index (κ2) is 6.87. The fourth-order valence-corrected chi connectivity index (χ4v) is 2.71. The molecule has 0 bridgehead atoms. The quantitative estimate of drug-likeness (QED) is 0.783. The van der Waals surface area contributed by atoms with Crippen LogP contribution in [0.4, 0.5) is 10.5 Å². The van der Waals surface area contributed by atoms with Crippen molar-refractivity contribution in [2.45, 2.75) is 26.4 Å². The Kier molecular flexibility index (Phi) is 4.78. The number of nitrogens with zero attached hydrogens (tertiary/aromatic N) is 4. The van der Waals surface area contributed by atoms with E-state index in [0.717, 1.165) is 0 Å². The molecule has 0 aromatic carbocycles. The number of carbonyl (C=O) groups is 2. The van der Waals surface area contributed by atoms with Crippen molar-refractivity contribution in [3.63, 3.8) is 0 Å². The first-order chi connectivity index (χ1) is 12.3. The van der Waals surface area contributed by atoms with Gasteiger partial charge >= 0.3 is 6.09 Å². The van der Waals surface area contributed by atoms with Gasteiger partial charge in [0.2, 0.25) is 0 Å². The number of likely N-dealkylation sites (tertiary alicyclic amines) is 1. The minimum Gasteiger partial charge on any atom is -0.444 e. The molecule has 138 valence electrons. The summed E-state index contributed by atoms with van der Waals surface area (Å²) in [6.45, 7) is 6.01. The van der Waals surface area contributed by atoms with Gasteiger partial charge in [-0.2, -0.15) is 5.06 Å². The first-order valence-electron chi connectivity index (χ1n) is 8.36. The molecule has 2 aromatic rings. The second-order valence-corrected chi connectivity index (χ2v) is 7.10. The van der Waals surface area contributed by atoms with Crippen molar-refractivity contribution in [2.75, 3.05) is 25.3 Å². The number of hydrogen-bond acceptors (Lipinski definition) is 6. The Labute approximate surface area is 151 Å². The Bertz CT molecular complexity index is 822. The van der Waals surface area contributed by atoms with E-state index in [2.05, 4.69) is 9.97 Å². The van der Waals surface area contributed by atoms with E-state index in [4.69, 9.17) is 9.57 Å². The molecule has 0 N–H and O–H groups in total. The molecule has 0 radical (unpaired) electrons. The van der Waals surface area contributed by atoms with E-state index in [0.29, 0.717) is 29.8 Å². The summed E-state index contributed by atoms with van der Waals surface area (Å²) in [6.07, 6.45) is 2.83. The van der Waals surface area contributed by atoms with Gasteiger partial charge in [-0.15, -0.1) is 0 Å². The average molecular weight is 358 g/mol. The fourth-order valence-electron chi connectivity index (χ4n) is 2.71. The molecule has 3 heterocycles. The number of hydrogen-bond donors (Lipinski definition) is 0. The number of ether oxygens (including phenoxy) is 1. The van der Waals surface area contributed by atoms with Gasteiger partial charge in [0.15, 0.2) is 0 Å². The van der Waals surface area contributed by atoms with Crippen LogP contribution < -0.4 is 5.06 Å². The number of hydroxylamine groups is 1. The number of fused-ring (bicyclic) bond motifs is 1. The lowest BCUT2D eigenvalue weighted by Gasteiger charge is -2.40. The highest BCUT2D eigenvalue weighted by molar-refractivity contribution is 6.01. The first-order valence-corrected chi connectivity index (χ1v) is 8.36. The lowest BCUT2D eigenvalue weighted by atomic mass is 9.99. The number of aromatic nitrogens is 2. The number of anilines is 1. The third kappa shape index (κ3) is 3.60. The van der Waals surface area contributed by atoms with Gasteiger partial charge in [0.1, 0.15) is 16.8 Å². The largest absolute Gasteiger partial charge is 0.444 e. The lowest BCUT2D eigenvalue weighted by Crippen LogP contribution is -2.57. The van der Waals surface area contributed by atoms with Crippen LogP contribution in [0.25, 0.3) is 11.0 Å². The van der Waals surface area contributed by atoms with Gasteiger partial charge in [0.25, 0.3) is 5.91 Å². The van der Waals surface area contributed by atoms with E-state index in [9.17, 15) is 9.59 Å². The average Bonchev–Trinajstić information content (AvgIpc) is 2.52. The zero-order valence-corrected chi connectivity index (χ0v) is 15.3. The van der Waals surface area contributed by atoms with Crippen LogP contribution in [-0.2, 0) is 14.4 Å². The zero-order chi connectivity index (χ0) is 18.9. The summed E-state index contributed by atoms with van der Waals surface area (Å²) in [5.41, 5.74) is 1.21. The van der Waals surface area contributed by atoms with Gasteiger partial charge in [-0.1, -0.05) is 0 Å². The molecule has 26 heavy (non-hydrogen) atoms. The minimum absolute atomic E-state index is 0.231. The van der Waals surface area contributed by atoms with E-state index >= 15 is 0 Å². The van der Waals surface area contributed by atoms with Crippen molar-refractivity contribution in [3.8, 4) is 0 Å². The predicted molar refractivity (Wildman–Crippen MR) is 95.3 cm³/mol. The molecule has 1 aliphatic rings. The number of pyridine rings is 2. The van der Waals surface area contributed by atoms with E-state index in [1.54, 1.807) is 24.5 Å². The smallest absolute Gasteiger partial charge is 0.410 e. The van der Waals surface area contributed by atoms with Gasteiger partial charge in [0.05, 0.1) is 18.5 Å². The zero-order valence-electron chi connectivity index (χ0n) is 15.3. The van der Waals surface area contributed by atoms with Crippen molar-refractivity contribution in [1.82, 2.24) is 14.9 Å². The Hall–Kier alpha value is -2.74. The number of carbonyl (C=O) groups excluding carboxylic acids is 2. The molecule has 0 aliphatic carbocycles. The molecule has 1 aliphatic heterocycles. The summed E-state index contributed by atoms with van der Waals surface area (Å²) in [5.74, 6) is -0.583. The van der Waals surface area contributed by atoms with Crippen LogP contribution in [0.3, 0.4) is 0 Å². The van der Waals surface area contributed by atoms with Crippen molar-refractivity contribution >= 4 is 28.7 Å². The van der Waals surface area contributed by atoms with Crippen LogP contribution in [0.2, 0.25) is 0 Å². The third-order valence-electron chi connectivity index (χ3n) is 3.96. The van der Waals surface area contributed by atoms with Gasteiger partial charge in [-0.25, -0.2) is 4.79 Å². The van der Waals surface area contributed by atoms with Crippen LogP contribution >= 0.6 is 0 Å². The molecule has 8 nitrogen and oxygen atoms in total. The van der Waals surface area contributed by atoms with E-state index in [-0.39, 0.29) is 11.8 Å². The molecule has 0 spiro atoms. The maximum Gasteiger partial charge on any atom is 0.410 e. The summed E-state index contributed by atoms with van der Waals surface area (Å²) in [5, 5.41) is 1.22. The number of rotatable bonds is 3. The van der Waals surface area contributed by atoms with Crippen LogP contribution in [0, 0.1) is 5.92 Å². The third-order valence-corrected chi connectivity index (χ3v) is 3.96. The Morgan fingerprint density at radius 3 is 2.58 bits per heavy atom.